The van der Waals surface area contributed by atoms with Gasteiger partial charge in [-0.3, -0.25) is 4.79 Å². The van der Waals surface area contributed by atoms with Crippen molar-refractivity contribution in [3.05, 3.63) is 0 Å². The van der Waals surface area contributed by atoms with Gasteiger partial charge in [-0.1, -0.05) is 13.8 Å². The zero-order chi connectivity index (χ0) is 15.4. The topological polar surface area (TPSA) is 69.6 Å². The van der Waals surface area contributed by atoms with E-state index in [-0.39, 0.29) is 12.6 Å². The van der Waals surface area contributed by atoms with Gasteiger partial charge in [0.25, 0.3) is 0 Å². The van der Waals surface area contributed by atoms with E-state index in [1.807, 2.05) is 18.7 Å². The van der Waals surface area contributed by atoms with Crippen LogP contribution in [0.4, 0.5) is 4.79 Å². The molecule has 0 saturated heterocycles. The summed E-state index contributed by atoms with van der Waals surface area (Å²) in [4.78, 5) is 25.4. The molecule has 2 rings (SSSR count). The molecule has 2 N–H and O–H groups in total. The van der Waals surface area contributed by atoms with Crippen molar-refractivity contribution in [3.63, 3.8) is 0 Å². The van der Waals surface area contributed by atoms with Crippen molar-refractivity contribution in [2.24, 2.45) is 23.7 Å². The summed E-state index contributed by atoms with van der Waals surface area (Å²) in [5.74, 6) is 0.343. The van der Waals surface area contributed by atoms with Crippen LogP contribution in [0.2, 0.25) is 0 Å². The molecule has 2 aliphatic rings. The lowest BCUT2D eigenvalue weighted by Crippen LogP contribution is -2.44. The minimum absolute atomic E-state index is 0.0798. The number of amides is 2. The fraction of sp³-hybridized carbons (Fsp3) is 0.875. The van der Waals surface area contributed by atoms with E-state index >= 15 is 0 Å². The highest BCUT2D eigenvalue weighted by molar-refractivity contribution is 5.76. The van der Waals surface area contributed by atoms with E-state index in [4.69, 9.17) is 0 Å². The molecule has 120 valence electrons. The van der Waals surface area contributed by atoms with Gasteiger partial charge in [0.1, 0.15) is 0 Å². The summed E-state index contributed by atoms with van der Waals surface area (Å²) in [6.45, 7) is 5.92. The zero-order valence-corrected chi connectivity index (χ0v) is 13.2. The Bertz CT molecular complexity index is 362. The number of carboxylic acids is 1. The fourth-order valence-corrected chi connectivity index (χ4v) is 2.63. The maximum Gasteiger partial charge on any atom is 0.317 e. The number of nitrogens with one attached hydrogen (secondary N) is 1. The maximum atomic E-state index is 12.3. The molecule has 0 aromatic heterocycles. The van der Waals surface area contributed by atoms with Gasteiger partial charge in [0.15, 0.2) is 0 Å². The predicted molar refractivity (Wildman–Crippen MR) is 81.0 cm³/mol. The second-order valence-corrected chi connectivity index (χ2v) is 7.14. The number of nitrogens with zero attached hydrogens (tertiary/aromatic N) is 1. The Hall–Kier alpha value is -1.26. The van der Waals surface area contributed by atoms with Gasteiger partial charge in [0, 0.05) is 19.6 Å². The van der Waals surface area contributed by atoms with Crippen LogP contribution < -0.4 is 5.32 Å². The Balaban J connectivity index is 1.79. The Morgan fingerprint density at radius 2 is 1.67 bits per heavy atom. The van der Waals surface area contributed by atoms with Gasteiger partial charge in [-0.25, -0.2) is 4.79 Å². The largest absolute Gasteiger partial charge is 0.481 e. The average Bonchev–Trinajstić information content (AvgIpc) is 3.27. The first-order valence-corrected chi connectivity index (χ1v) is 8.21. The van der Waals surface area contributed by atoms with Crippen LogP contribution in [0, 0.1) is 23.7 Å². The molecular weight excluding hydrogens is 268 g/mol. The van der Waals surface area contributed by atoms with Crippen molar-refractivity contribution in [2.45, 2.75) is 46.0 Å². The molecule has 21 heavy (non-hydrogen) atoms. The van der Waals surface area contributed by atoms with E-state index in [0.717, 1.165) is 13.1 Å². The second-order valence-electron chi connectivity index (χ2n) is 7.14. The first-order valence-electron chi connectivity index (χ1n) is 8.21. The predicted octanol–water partition coefficient (Wildman–Crippen LogP) is 2.56. The van der Waals surface area contributed by atoms with E-state index < -0.39 is 11.9 Å². The molecule has 2 fully saturated rings. The van der Waals surface area contributed by atoms with Crippen molar-refractivity contribution in [2.75, 3.05) is 19.6 Å². The summed E-state index contributed by atoms with van der Waals surface area (Å²) < 4.78 is 0. The van der Waals surface area contributed by atoms with E-state index in [0.29, 0.717) is 24.2 Å². The van der Waals surface area contributed by atoms with E-state index in [1.54, 1.807) is 0 Å². The standard InChI is InChI=1S/C16H28N2O3/c1-11(2)7-14(15(19)20)8-17-16(21)18(9-12-3-4-12)10-13-5-6-13/h11-14H,3-10H2,1-2H3,(H,17,21)(H,19,20). The summed E-state index contributed by atoms with van der Waals surface area (Å²) in [6, 6.07) is -0.0798. The van der Waals surface area contributed by atoms with Crippen LogP contribution in [0.25, 0.3) is 0 Å². The Kier molecular flexibility index (Phi) is 5.48. The van der Waals surface area contributed by atoms with Crippen molar-refractivity contribution in [3.8, 4) is 0 Å². The minimum atomic E-state index is -0.820. The average molecular weight is 296 g/mol. The first-order chi connectivity index (χ1) is 9.95. The molecule has 0 heterocycles. The van der Waals surface area contributed by atoms with Gasteiger partial charge >= 0.3 is 12.0 Å². The van der Waals surface area contributed by atoms with Crippen molar-refractivity contribution in [1.29, 1.82) is 0 Å². The molecule has 0 radical (unpaired) electrons. The van der Waals surface area contributed by atoms with Gasteiger partial charge < -0.3 is 15.3 Å². The van der Waals surface area contributed by atoms with E-state index in [9.17, 15) is 14.7 Å². The summed E-state index contributed by atoms with van der Waals surface area (Å²) >= 11 is 0. The molecule has 5 nitrogen and oxygen atoms in total. The Morgan fingerprint density at radius 3 is 2.05 bits per heavy atom. The van der Waals surface area contributed by atoms with Crippen LogP contribution in [-0.4, -0.2) is 41.6 Å². The van der Waals surface area contributed by atoms with Crippen LogP contribution in [0.5, 0.6) is 0 Å². The minimum Gasteiger partial charge on any atom is -0.481 e. The second kappa shape index (κ2) is 7.14. The van der Waals surface area contributed by atoms with E-state index in [1.165, 1.54) is 25.7 Å². The lowest BCUT2D eigenvalue weighted by Gasteiger charge is -2.24. The van der Waals surface area contributed by atoms with Crippen LogP contribution in [-0.2, 0) is 4.79 Å². The van der Waals surface area contributed by atoms with Crippen LogP contribution >= 0.6 is 0 Å². The highest BCUT2D eigenvalue weighted by atomic mass is 16.4. The highest BCUT2D eigenvalue weighted by Gasteiger charge is 2.32. The molecule has 2 aliphatic carbocycles. The third-order valence-corrected chi connectivity index (χ3v) is 4.24. The van der Waals surface area contributed by atoms with Crippen molar-refractivity contribution in [1.82, 2.24) is 10.2 Å². The highest BCUT2D eigenvalue weighted by Crippen LogP contribution is 2.33. The van der Waals surface area contributed by atoms with Gasteiger partial charge in [-0.15, -0.1) is 0 Å². The molecule has 0 bridgehead atoms. The number of carboxylic acid groups (broad SMARTS) is 1. The number of aliphatic carboxylic acids is 1. The van der Waals surface area contributed by atoms with Gasteiger partial charge in [0.05, 0.1) is 5.92 Å². The monoisotopic (exact) mass is 296 g/mol. The number of hydrogen-bond donors (Lipinski definition) is 2. The Morgan fingerprint density at radius 1 is 1.14 bits per heavy atom. The number of rotatable bonds is 9. The molecule has 0 aliphatic heterocycles. The van der Waals surface area contributed by atoms with Gasteiger partial charge in [0.2, 0.25) is 0 Å². The molecule has 0 aromatic carbocycles. The maximum absolute atomic E-state index is 12.3. The van der Waals surface area contributed by atoms with Crippen LogP contribution in [0.15, 0.2) is 0 Å². The number of carbonyl (C=O) groups is 2. The third-order valence-electron chi connectivity index (χ3n) is 4.24. The molecule has 0 spiro atoms. The normalized spacial score (nSPS) is 19.4. The number of urea groups is 1. The molecule has 2 saturated carbocycles. The zero-order valence-electron chi connectivity index (χ0n) is 13.2. The van der Waals surface area contributed by atoms with Crippen molar-refractivity contribution >= 4 is 12.0 Å². The third kappa shape index (κ3) is 5.94. The molecule has 5 heteroatoms. The summed E-state index contributed by atoms with van der Waals surface area (Å²) in [5, 5.41) is 12.1. The Labute approximate surface area is 127 Å². The lowest BCUT2D eigenvalue weighted by molar-refractivity contribution is -0.142. The number of hydrogen-bond acceptors (Lipinski definition) is 2. The van der Waals surface area contributed by atoms with Crippen molar-refractivity contribution < 1.29 is 14.7 Å². The molecule has 1 unspecified atom stereocenters. The fourth-order valence-electron chi connectivity index (χ4n) is 2.63. The molecule has 2 amide bonds. The van der Waals surface area contributed by atoms with E-state index in [2.05, 4.69) is 5.32 Å². The molecule has 1 atom stereocenters. The molecular formula is C16H28N2O3. The lowest BCUT2D eigenvalue weighted by atomic mass is 9.97. The quantitative estimate of drug-likeness (QED) is 0.687. The van der Waals surface area contributed by atoms with Gasteiger partial charge in [-0.2, -0.15) is 0 Å². The van der Waals surface area contributed by atoms with Crippen LogP contribution in [0.1, 0.15) is 46.0 Å². The van der Waals surface area contributed by atoms with Gasteiger partial charge in [-0.05, 0) is 49.9 Å². The molecule has 0 aromatic rings. The number of carbonyl (C=O) groups excluding carboxylic acids is 1. The summed E-state index contributed by atoms with van der Waals surface area (Å²) in [5.41, 5.74) is 0. The van der Waals surface area contributed by atoms with Crippen LogP contribution in [0.3, 0.4) is 0 Å². The SMILES string of the molecule is CC(C)CC(CNC(=O)N(CC1CC1)CC1CC1)C(=O)O. The summed E-state index contributed by atoms with van der Waals surface area (Å²) in [6.07, 6.45) is 5.49. The first kappa shape index (κ1) is 16.1. The smallest absolute Gasteiger partial charge is 0.317 e. The summed E-state index contributed by atoms with van der Waals surface area (Å²) in [7, 11) is 0.